The number of carboxylic acid groups (broad SMARTS) is 1. The van der Waals surface area contributed by atoms with Crippen molar-refractivity contribution in [2.75, 3.05) is 0 Å². The lowest BCUT2D eigenvalue weighted by molar-refractivity contribution is -0.131. The van der Waals surface area contributed by atoms with Gasteiger partial charge >= 0.3 is 5.97 Å². The first-order valence-corrected chi connectivity index (χ1v) is 3.46. The monoisotopic (exact) mass is 172 g/mol. The highest BCUT2D eigenvalue weighted by molar-refractivity contribution is 5.79. The van der Waals surface area contributed by atoms with E-state index in [1.165, 1.54) is 6.20 Å². The fourth-order valence-corrected chi connectivity index (χ4v) is 0.644. The Labute approximate surface area is 70.2 Å². The summed E-state index contributed by atoms with van der Waals surface area (Å²) in [7, 11) is 0. The molecule has 12 heavy (non-hydrogen) atoms. The number of carbonyl (C=O) groups excluding carboxylic acids is 1. The Morgan fingerprint density at radius 3 is 2.67 bits per heavy atom. The molecule has 0 aromatic heterocycles. The van der Waals surface area contributed by atoms with Crippen LogP contribution in [0.25, 0.3) is 0 Å². The van der Waals surface area contributed by atoms with Crippen molar-refractivity contribution >= 4 is 11.9 Å². The SMILES string of the molecule is CC(CC(N)=O)N/C=C/C(=O)O. The highest BCUT2D eigenvalue weighted by Crippen LogP contribution is 1.87. The largest absolute Gasteiger partial charge is 0.478 e. The average molecular weight is 172 g/mol. The third-order valence-electron chi connectivity index (χ3n) is 1.11. The Hall–Kier alpha value is -1.52. The molecule has 0 spiro atoms. The molecule has 0 bridgehead atoms. The fourth-order valence-electron chi connectivity index (χ4n) is 0.644. The molecule has 0 aromatic rings. The first kappa shape index (κ1) is 10.5. The van der Waals surface area contributed by atoms with Gasteiger partial charge in [0.2, 0.25) is 5.91 Å². The normalized spacial score (nSPS) is 12.8. The zero-order valence-electron chi connectivity index (χ0n) is 6.78. The van der Waals surface area contributed by atoms with Gasteiger partial charge in [-0.2, -0.15) is 0 Å². The smallest absolute Gasteiger partial charge is 0.329 e. The van der Waals surface area contributed by atoms with E-state index in [0.717, 1.165) is 6.08 Å². The van der Waals surface area contributed by atoms with Gasteiger partial charge in [-0.3, -0.25) is 4.79 Å². The number of carboxylic acids is 1. The maximum atomic E-state index is 10.3. The summed E-state index contributed by atoms with van der Waals surface area (Å²) in [5, 5.41) is 10.9. The molecular formula is C7H12N2O3. The van der Waals surface area contributed by atoms with E-state index in [-0.39, 0.29) is 12.5 Å². The summed E-state index contributed by atoms with van der Waals surface area (Å²) in [5.41, 5.74) is 4.91. The molecule has 1 unspecified atom stereocenters. The second kappa shape index (κ2) is 5.17. The zero-order valence-corrected chi connectivity index (χ0v) is 6.78. The minimum atomic E-state index is -1.03. The molecule has 0 aliphatic rings. The Morgan fingerprint density at radius 1 is 1.67 bits per heavy atom. The van der Waals surface area contributed by atoms with Crippen molar-refractivity contribution in [3.05, 3.63) is 12.3 Å². The van der Waals surface area contributed by atoms with Gasteiger partial charge in [0.05, 0.1) is 0 Å². The Balaban J connectivity index is 3.63. The molecule has 0 heterocycles. The highest BCUT2D eigenvalue weighted by Gasteiger charge is 2.01. The maximum Gasteiger partial charge on any atom is 0.329 e. The summed E-state index contributed by atoms with van der Waals surface area (Å²) in [5.74, 6) is -1.45. The van der Waals surface area contributed by atoms with Gasteiger partial charge in [-0.15, -0.1) is 0 Å². The summed E-state index contributed by atoms with van der Waals surface area (Å²) in [6.45, 7) is 1.73. The van der Waals surface area contributed by atoms with E-state index in [0.29, 0.717) is 0 Å². The Bertz CT molecular complexity index is 201. The first-order valence-electron chi connectivity index (χ1n) is 3.46. The molecule has 5 nitrogen and oxygen atoms in total. The van der Waals surface area contributed by atoms with Crippen molar-refractivity contribution in [1.82, 2.24) is 5.32 Å². The molecule has 0 radical (unpaired) electrons. The molecule has 1 atom stereocenters. The molecule has 0 aromatic carbocycles. The van der Waals surface area contributed by atoms with Gasteiger partial charge in [-0.1, -0.05) is 0 Å². The number of amides is 1. The first-order chi connectivity index (χ1) is 5.52. The predicted molar refractivity (Wildman–Crippen MR) is 43.2 cm³/mol. The summed E-state index contributed by atoms with van der Waals surface area (Å²) < 4.78 is 0. The number of nitrogens with one attached hydrogen (secondary N) is 1. The van der Waals surface area contributed by atoms with Crippen LogP contribution in [0.4, 0.5) is 0 Å². The molecule has 68 valence electrons. The summed E-state index contributed by atoms with van der Waals surface area (Å²) in [6, 6.07) is -0.141. The number of primary amides is 1. The van der Waals surface area contributed by atoms with Crippen LogP contribution in [-0.4, -0.2) is 23.0 Å². The van der Waals surface area contributed by atoms with E-state index in [9.17, 15) is 9.59 Å². The van der Waals surface area contributed by atoms with Gasteiger partial charge in [0.15, 0.2) is 0 Å². The topological polar surface area (TPSA) is 92.4 Å². The van der Waals surface area contributed by atoms with E-state index in [2.05, 4.69) is 5.32 Å². The van der Waals surface area contributed by atoms with Crippen LogP contribution in [0.1, 0.15) is 13.3 Å². The molecular weight excluding hydrogens is 160 g/mol. The number of rotatable bonds is 5. The number of nitrogens with two attached hydrogens (primary N) is 1. The second-order valence-corrected chi connectivity index (χ2v) is 2.41. The van der Waals surface area contributed by atoms with E-state index < -0.39 is 11.9 Å². The molecule has 0 saturated carbocycles. The minimum absolute atomic E-state index is 0.141. The van der Waals surface area contributed by atoms with Crippen LogP contribution in [0.3, 0.4) is 0 Å². The molecule has 5 heteroatoms. The van der Waals surface area contributed by atoms with Gasteiger partial charge in [-0.05, 0) is 6.92 Å². The molecule has 1 amide bonds. The van der Waals surface area contributed by atoms with Crippen molar-refractivity contribution < 1.29 is 14.7 Å². The molecule has 0 rings (SSSR count). The second-order valence-electron chi connectivity index (χ2n) is 2.41. The zero-order chi connectivity index (χ0) is 9.56. The number of hydrogen-bond acceptors (Lipinski definition) is 3. The molecule has 4 N–H and O–H groups in total. The van der Waals surface area contributed by atoms with Crippen LogP contribution >= 0.6 is 0 Å². The molecule has 0 aliphatic heterocycles. The predicted octanol–water partition coefficient (Wildman–Crippen LogP) is -0.562. The van der Waals surface area contributed by atoms with Crippen molar-refractivity contribution in [2.45, 2.75) is 19.4 Å². The summed E-state index contributed by atoms with van der Waals surface area (Å²) in [6.07, 6.45) is 2.41. The molecule has 0 saturated heterocycles. The molecule has 0 fully saturated rings. The summed E-state index contributed by atoms with van der Waals surface area (Å²) >= 11 is 0. The lowest BCUT2D eigenvalue weighted by Gasteiger charge is -2.07. The number of hydrogen-bond donors (Lipinski definition) is 3. The lowest BCUT2D eigenvalue weighted by atomic mass is 10.2. The van der Waals surface area contributed by atoms with Crippen molar-refractivity contribution in [3.8, 4) is 0 Å². The van der Waals surface area contributed by atoms with Crippen molar-refractivity contribution in [3.63, 3.8) is 0 Å². The van der Waals surface area contributed by atoms with Gasteiger partial charge in [0.25, 0.3) is 0 Å². The van der Waals surface area contributed by atoms with Crippen LogP contribution in [0.2, 0.25) is 0 Å². The van der Waals surface area contributed by atoms with Crippen molar-refractivity contribution in [1.29, 1.82) is 0 Å². The Kier molecular flexibility index (Phi) is 4.52. The van der Waals surface area contributed by atoms with E-state index in [4.69, 9.17) is 10.8 Å². The van der Waals surface area contributed by atoms with Gasteiger partial charge in [0, 0.05) is 24.7 Å². The van der Waals surface area contributed by atoms with Gasteiger partial charge in [0.1, 0.15) is 0 Å². The van der Waals surface area contributed by atoms with E-state index in [1.807, 2.05) is 0 Å². The van der Waals surface area contributed by atoms with Crippen LogP contribution in [0.5, 0.6) is 0 Å². The lowest BCUT2D eigenvalue weighted by Crippen LogP contribution is -2.27. The Morgan fingerprint density at radius 2 is 2.25 bits per heavy atom. The molecule has 0 aliphatic carbocycles. The third kappa shape index (κ3) is 6.60. The van der Waals surface area contributed by atoms with E-state index in [1.54, 1.807) is 6.92 Å². The number of carbonyl (C=O) groups is 2. The van der Waals surface area contributed by atoms with Gasteiger partial charge < -0.3 is 16.2 Å². The highest BCUT2D eigenvalue weighted by atomic mass is 16.4. The van der Waals surface area contributed by atoms with Crippen molar-refractivity contribution in [2.24, 2.45) is 5.73 Å². The van der Waals surface area contributed by atoms with Crippen LogP contribution < -0.4 is 11.1 Å². The van der Waals surface area contributed by atoms with Crippen LogP contribution in [-0.2, 0) is 9.59 Å². The maximum absolute atomic E-state index is 10.3. The van der Waals surface area contributed by atoms with E-state index >= 15 is 0 Å². The average Bonchev–Trinajstić information content (AvgIpc) is 1.84. The van der Waals surface area contributed by atoms with Gasteiger partial charge in [-0.25, -0.2) is 4.79 Å². The summed E-state index contributed by atoms with van der Waals surface area (Å²) in [4.78, 5) is 20.3. The number of aliphatic carboxylic acids is 1. The van der Waals surface area contributed by atoms with Crippen LogP contribution in [0.15, 0.2) is 12.3 Å². The minimum Gasteiger partial charge on any atom is -0.478 e. The fraction of sp³-hybridized carbons (Fsp3) is 0.429. The quantitative estimate of drug-likeness (QED) is 0.484. The third-order valence-corrected chi connectivity index (χ3v) is 1.11. The van der Waals surface area contributed by atoms with Crippen LogP contribution in [0, 0.1) is 0 Å². The standard InChI is InChI=1S/C7H12N2O3/c1-5(4-6(8)10)9-3-2-7(11)12/h2-3,5,9H,4H2,1H3,(H2,8,10)(H,11,12)/b3-2+.